The fourth-order valence-corrected chi connectivity index (χ4v) is 8.08. The first kappa shape index (κ1) is 27.8. The molecule has 1 N–H and O–H groups in total. The minimum atomic E-state index is -1.02. The number of rotatable bonds is 9. The lowest BCUT2D eigenvalue weighted by molar-refractivity contribution is -0.127. The Kier molecular flexibility index (Phi) is 7.04. The van der Waals surface area contributed by atoms with Crippen LogP contribution in [0.1, 0.15) is 84.7 Å². The van der Waals surface area contributed by atoms with E-state index < -0.39 is 5.97 Å². The maximum Gasteiger partial charge on any atom is 0.339 e. The Morgan fingerprint density at radius 3 is 2.48 bits per heavy atom. The zero-order chi connectivity index (χ0) is 29.1. The number of benzene rings is 1. The Balaban J connectivity index is 1.08. The van der Waals surface area contributed by atoms with Gasteiger partial charge in [0.05, 0.1) is 35.1 Å². The second-order valence-electron chi connectivity index (χ2n) is 11.6. The molecule has 1 aromatic carbocycles. The highest BCUT2D eigenvalue weighted by Gasteiger charge is 2.51. The normalized spacial score (nSPS) is 23.3. The second kappa shape index (κ2) is 10.6. The molecular weight excluding hydrogens is 597 g/mol. The highest BCUT2D eigenvalue weighted by Crippen LogP contribution is 2.56. The van der Waals surface area contributed by atoms with Crippen LogP contribution in [0.15, 0.2) is 40.5 Å². The van der Waals surface area contributed by atoms with Crippen molar-refractivity contribution >= 4 is 40.5 Å². The molecule has 0 radical (unpaired) electrons. The van der Waals surface area contributed by atoms with Crippen molar-refractivity contribution in [2.45, 2.75) is 74.9 Å². The molecule has 0 spiro atoms. The largest absolute Gasteiger partial charge is 0.496 e. The van der Waals surface area contributed by atoms with Gasteiger partial charge in [-0.25, -0.2) is 9.78 Å². The maximum atomic E-state index is 11.7. The second-order valence-corrected chi connectivity index (χ2v) is 13.3. The summed E-state index contributed by atoms with van der Waals surface area (Å²) in [5, 5.41) is 17.8. The highest BCUT2D eigenvalue weighted by atomic mass is 35.5. The SMILES string of the molecule is COc1ccc(-c2nc(C34CCC(OCc5c(-c6c(Cl)cncc6Cl)noc5C5CC5)(CC3)CC4)cs2)cc1C(=O)O. The van der Waals surface area contributed by atoms with Gasteiger partial charge in [-0.1, -0.05) is 28.4 Å². The summed E-state index contributed by atoms with van der Waals surface area (Å²) in [7, 11) is 1.47. The van der Waals surface area contributed by atoms with E-state index in [1.54, 1.807) is 35.9 Å². The van der Waals surface area contributed by atoms with Gasteiger partial charge in [-0.05, 0) is 69.6 Å². The van der Waals surface area contributed by atoms with Crippen molar-refractivity contribution in [3.05, 3.63) is 68.6 Å². The van der Waals surface area contributed by atoms with E-state index in [-0.39, 0.29) is 16.6 Å². The third-order valence-corrected chi connectivity index (χ3v) is 10.7. The summed E-state index contributed by atoms with van der Waals surface area (Å²) in [5.41, 5.74) is 4.06. The predicted molar refractivity (Wildman–Crippen MR) is 160 cm³/mol. The molecule has 4 aliphatic rings. The van der Waals surface area contributed by atoms with Gasteiger partial charge < -0.3 is 19.1 Å². The number of methoxy groups -OCH3 is 1. The third kappa shape index (κ3) is 4.80. The van der Waals surface area contributed by atoms with Gasteiger partial charge in [0.25, 0.3) is 0 Å². The number of carboxylic acid groups (broad SMARTS) is 1. The van der Waals surface area contributed by atoms with E-state index in [2.05, 4.69) is 15.5 Å². The smallest absolute Gasteiger partial charge is 0.339 e. The zero-order valence-electron chi connectivity index (χ0n) is 23.0. The molecule has 11 heteroatoms. The Hall–Kier alpha value is -2.98. The molecular formula is C31H29Cl2N3O5S. The number of hydrogen-bond donors (Lipinski definition) is 1. The van der Waals surface area contributed by atoms with Crippen LogP contribution >= 0.6 is 34.5 Å². The fourth-order valence-electron chi connectivity index (χ4n) is 6.60. The first-order chi connectivity index (χ1) is 20.3. The number of nitrogens with zero attached hydrogens (tertiary/aromatic N) is 3. The minimum Gasteiger partial charge on any atom is -0.496 e. The van der Waals surface area contributed by atoms with E-state index in [4.69, 9.17) is 42.2 Å². The topological polar surface area (TPSA) is 108 Å². The average Bonchev–Trinajstić information content (AvgIpc) is 3.56. The van der Waals surface area contributed by atoms with Gasteiger partial charge in [0.15, 0.2) is 0 Å². The lowest BCUT2D eigenvalue weighted by atomic mass is 9.57. The van der Waals surface area contributed by atoms with Crippen LogP contribution in [-0.4, -0.2) is 38.9 Å². The maximum absolute atomic E-state index is 11.7. The molecule has 0 atom stereocenters. The number of carboxylic acids is 1. The van der Waals surface area contributed by atoms with E-state index in [0.29, 0.717) is 39.6 Å². The van der Waals surface area contributed by atoms with Crippen LogP contribution < -0.4 is 4.74 Å². The summed E-state index contributed by atoms with van der Waals surface area (Å²) in [5.74, 6) is 0.565. The van der Waals surface area contributed by atoms with Gasteiger partial charge >= 0.3 is 5.97 Å². The van der Waals surface area contributed by atoms with Gasteiger partial charge in [0.1, 0.15) is 27.8 Å². The standard InChI is InChI=1S/C31H29Cl2N3O5S/c1-39-23-5-4-18(12-19(23)29(37)38)28-35-24(16-42-28)30-6-9-31(10-7-30,11-8-30)40-15-20-26(36-41-27(20)17-2-3-17)25-21(32)13-34-14-22(25)33/h4-5,12-14,16-17H,2-3,6-11,15H2,1H3,(H,37,38). The Labute approximate surface area is 257 Å². The molecule has 3 heterocycles. The lowest BCUT2D eigenvalue weighted by Gasteiger charge is -2.52. The van der Waals surface area contributed by atoms with Crippen LogP contribution in [0.25, 0.3) is 21.8 Å². The molecule has 218 valence electrons. The van der Waals surface area contributed by atoms with Crippen LogP contribution in [0.2, 0.25) is 10.0 Å². The van der Waals surface area contributed by atoms with Crippen LogP contribution in [0.5, 0.6) is 5.75 Å². The Bertz CT molecular complexity index is 1640. The third-order valence-electron chi connectivity index (χ3n) is 9.28. The van der Waals surface area contributed by atoms with Gasteiger partial charge in [-0.3, -0.25) is 4.98 Å². The quantitative estimate of drug-likeness (QED) is 0.198. The van der Waals surface area contributed by atoms with Crippen molar-refractivity contribution in [2.75, 3.05) is 7.11 Å². The van der Waals surface area contributed by atoms with Gasteiger partial charge in [-0.15, -0.1) is 11.3 Å². The molecule has 0 saturated heterocycles. The zero-order valence-corrected chi connectivity index (χ0v) is 25.3. The Morgan fingerprint density at radius 1 is 1.12 bits per heavy atom. The molecule has 42 heavy (non-hydrogen) atoms. The van der Waals surface area contributed by atoms with E-state index in [9.17, 15) is 9.90 Å². The molecule has 4 aliphatic carbocycles. The molecule has 4 saturated carbocycles. The van der Waals surface area contributed by atoms with Crippen LogP contribution in [0, 0.1) is 0 Å². The number of ether oxygens (including phenoxy) is 2. The van der Waals surface area contributed by atoms with Crippen molar-refractivity contribution in [1.29, 1.82) is 0 Å². The molecule has 0 amide bonds. The van der Waals surface area contributed by atoms with Gasteiger partial charge in [-0.2, -0.15) is 0 Å². The van der Waals surface area contributed by atoms with E-state index >= 15 is 0 Å². The van der Waals surface area contributed by atoms with Gasteiger partial charge in [0.2, 0.25) is 0 Å². The molecule has 2 bridgehead atoms. The predicted octanol–water partition coefficient (Wildman–Crippen LogP) is 8.31. The number of carbonyl (C=O) groups is 1. The van der Waals surface area contributed by atoms with Crippen molar-refractivity contribution in [3.8, 4) is 27.6 Å². The number of fused-ring (bicyclic) bond motifs is 3. The molecule has 3 aromatic heterocycles. The van der Waals surface area contributed by atoms with Gasteiger partial charge in [0, 0.05) is 45.8 Å². The summed E-state index contributed by atoms with van der Waals surface area (Å²) in [6.45, 7) is 0.400. The van der Waals surface area contributed by atoms with Crippen molar-refractivity contribution in [1.82, 2.24) is 15.1 Å². The first-order valence-electron chi connectivity index (χ1n) is 14.1. The lowest BCUT2D eigenvalue weighted by Crippen LogP contribution is -2.49. The minimum absolute atomic E-state index is 0.0155. The molecule has 4 fully saturated rings. The van der Waals surface area contributed by atoms with E-state index in [0.717, 1.165) is 79.0 Å². The van der Waals surface area contributed by atoms with E-state index in [1.807, 2.05) is 6.07 Å². The number of hydrogen-bond acceptors (Lipinski definition) is 8. The van der Waals surface area contributed by atoms with Crippen LogP contribution in [-0.2, 0) is 16.8 Å². The van der Waals surface area contributed by atoms with E-state index in [1.165, 1.54) is 7.11 Å². The van der Waals surface area contributed by atoms with Crippen molar-refractivity contribution < 1.29 is 23.9 Å². The fraction of sp³-hybridized carbons (Fsp3) is 0.419. The number of thiazole rings is 1. The first-order valence-corrected chi connectivity index (χ1v) is 15.7. The number of pyridine rings is 1. The number of aromatic nitrogens is 3. The molecule has 0 aliphatic heterocycles. The van der Waals surface area contributed by atoms with Crippen LogP contribution in [0.3, 0.4) is 0 Å². The average molecular weight is 627 g/mol. The van der Waals surface area contributed by atoms with Crippen LogP contribution in [0.4, 0.5) is 0 Å². The Morgan fingerprint density at radius 2 is 1.83 bits per heavy atom. The molecule has 4 aromatic rings. The van der Waals surface area contributed by atoms with Crippen molar-refractivity contribution in [3.63, 3.8) is 0 Å². The monoisotopic (exact) mass is 625 g/mol. The molecule has 0 unspecified atom stereocenters. The molecule has 8 nitrogen and oxygen atoms in total. The van der Waals surface area contributed by atoms with Crippen molar-refractivity contribution in [2.24, 2.45) is 0 Å². The highest BCUT2D eigenvalue weighted by molar-refractivity contribution is 7.13. The molecule has 8 rings (SSSR count). The summed E-state index contributed by atoms with van der Waals surface area (Å²) in [6.07, 6.45) is 11.1. The summed E-state index contributed by atoms with van der Waals surface area (Å²) >= 11 is 14.5. The number of halogens is 2. The number of aromatic carboxylic acids is 1. The summed E-state index contributed by atoms with van der Waals surface area (Å²) in [6, 6.07) is 5.20. The summed E-state index contributed by atoms with van der Waals surface area (Å²) < 4.78 is 17.8. The summed E-state index contributed by atoms with van der Waals surface area (Å²) in [4.78, 5) is 20.8.